The van der Waals surface area contributed by atoms with Gasteiger partial charge in [-0.15, -0.1) is 0 Å². The van der Waals surface area contributed by atoms with Crippen molar-refractivity contribution in [1.82, 2.24) is 0 Å². The Balaban J connectivity index is 0.895. The molecule has 0 spiro atoms. The third-order valence-corrected chi connectivity index (χ3v) is 13.2. The first kappa shape index (κ1) is 40.5. The van der Waals surface area contributed by atoms with Crippen LogP contribution in [0, 0.1) is 0 Å². The molecule has 0 aromatic heterocycles. The molecule has 0 saturated heterocycles. The highest BCUT2D eigenvalue weighted by Gasteiger charge is 2.23. The number of anilines is 6. The molecule has 2 nitrogen and oxygen atoms in total. The number of benzene rings is 12. The Morgan fingerprint density at radius 2 is 0.426 bits per heavy atom. The van der Waals surface area contributed by atoms with Gasteiger partial charge in [0.25, 0.3) is 0 Å². The molecule has 0 radical (unpaired) electrons. The largest absolute Gasteiger partial charge is 0.309 e. The summed E-state index contributed by atoms with van der Waals surface area (Å²) in [5, 5.41) is 9.73. The molecule has 12 aromatic carbocycles. The normalized spacial score (nSPS) is 11.5. The molecule has 0 aliphatic rings. The molecular weight excluding hydrogens is 821 g/mol. The summed E-state index contributed by atoms with van der Waals surface area (Å²) in [6.45, 7) is 0. The first-order valence-electron chi connectivity index (χ1n) is 23.3. The van der Waals surface area contributed by atoms with Gasteiger partial charge in [0.15, 0.2) is 0 Å². The first-order valence-corrected chi connectivity index (χ1v) is 23.3. The molecule has 320 valence electrons. The molecule has 68 heavy (non-hydrogen) atoms. The van der Waals surface area contributed by atoms with Crippen LogP contribution in [-0.4, -0.2) is 0 Å². The molecule has 0 unspecified atom stereocenters. The van der Waals surface area contributed by atoms with Crippen LogP contribution in [0.15, 0.2) is 267 Å². The van der Waals surface area contributed by atoms with E-state index in [1.165, 1.54) is 76.7 Å². The van der Waals surface area contributed by atoms with E-state index in [-0.39, 0.29) is 0 Å². The van der Waals surface area contributed by atoms with E-state index in [0.29, 0.717) is 0 Å². The van der Waals surface area contributed by atoms with Crippen LogP contribution in [0.2, 0.25) is 0 Å². The molecule has 0 saturated carbocycles. The van der Waals surface area contributed by atoms with Crippen molar-refractivity contribution in [2.75, 3.05) is 9.80 Å². The number of nitrogens with zero attached hydrogens (tertiary/aromatic N) is 2. The Labute approximate surface area is 397 Å². The van der Waals surface area contributed by atoms with Crippen molar-refractivity contribution >= 4 is 89.4 Å². The average molecular weight is 867 g/mol. The summed E-state index contributed by atoms with van der Waals surface area (Å²) in [6, 6.07) is 96.3. The van der Waals surface area contributed by atoms with Gasteiger partial charge in [-0.05, 0) is 103 Å². The van der Waals surface area contributed by atoms with E-state index >= 15 is 0 Å². The summed E-state index contributed by atoms with van der Waals surface area (Å²) < 4.78 is 0. The summed E-state index contributed by atoms with van der Waals surface area (Å²) in [5.74, 6) is 0. The number of hydrogen-bond donors (Lipinski definition) is 0. The molecular formula is C66H46N2. The predicted molar refractivity (Wildman–Crippen MR) is 292 cm³/mol. The molecule has 0 amide bonds. The minimum Gasteiger partial charge on any atom is -0.309 e. The number of para-hydroxylation sites is 4. The van der Waals surface area contributed by atoms with Gasteiger partial charge in [-0.25, -0.2) is 0 Å². The summed E-state index contributed by atoms with van der Waals surface area (Å²) in [6.07, 6.45) is 4.44. The van der Waals surface area contributed by atoms with Crippen LogP contribution in [0.25, 0.3) is 77.5 Å². The van der Waals surface area contributed by atoms with Crippen molar-refractivity contribution < 1.29 is 0 Å². The molecule has 12 rings (SSSR count). The second-order valence-corrected chi connectivity index (χ2v) is 17.2. The summed E-state index contributed by atoms with van der Waals surface area (Å²) >= 11 is 0. The van der Waals surface area contributed by atoms with Crippen molar-refractivity contribution in [3.8, 4) is 22.3 Å². The summed E-state index contributed by atoms with van der Waals surface area (Å²) in [4.78, 5) is 4.81. The van der Waals surface area contributed by atoms with Gasteiger partial charge in [-0.1, -0.05) is 231 Å². The van der Waals surface area contributed by atoms with Gasteiger partial charge in [0.1, 0.15) is 0 Å². The van der Waals surface area contributed by atoms with Crippen molar-refractivity contribution in [3.63, 3.8) is 0 Å². The zero-order valence-electron chi connectivity index (χ0n) is 37.5. The maximum absolute atomic E-state index is 2.40. The van der Waals surface area contributed by atoms with Crippen LogP contribution in [0.4, 0.5) is 34.1 Å². The molecule has 0 atom stereocenters. The summed E-state index contributed by atoms with van der Waals surface area (Å²) in [7, 11) is 0. The maximum Gasteiger partial charge on any atom is 0.0618 e. The number of rotatable bonds is 10. The van der Waals surface area contributed by atoms with Gasteiger partial charge >= 0.3 is 0 Å². The Hall–Kier alpha value is -8.98. The smallest absolute Gasteiger partial charge is 0.0618 e. The fraction of sp³-hybridized carbons (Fsp3) is 0. The quantitative estimate of drug-likeness (QED) is 0.0998. The van der Waals surface area contributed by atoms with Crippen molar-refractivity contribution in [3.05, 3.63) is 278 Å². The minimum absolute atomic E-state index is 1.12. The molecule has 0 bridgehead atoms. The molecule has 0 aliphatic carbocycles. The third-order valence-electron chi connectivity index (χ3n) is 13.2. The lowest BCUT2D eigenvalue weighted by atomic mass is 9.89. The Bertz CT molecular complexity index is 3310. The van der Waals surface area contributed by atoms with Gasteiger partial charge in [-0.2, -0.15) is 0 Å². The van der Waals surface area contributed by atoms with E-state index in [4.69, 9.17) is 0 Å². The monoisotopic (exact) mass is 866 g/mol. The van der Waals surface area contributed by atoms with E-state index in [0.717, 1.165) is 33.9 Å². The molecule has 2 heteroatoms. The third kappa shape index (κ3) is 7.35. The fourth-order valence-corrected chi connectivity index (χ4v) is 10.2. The van der Waals surface area contributed by atoms with E-state index in [9.17, 15) is 0 Å². The maximum atomic E-state index is 2.40. The van der Waals surface area contributed by atoms with Crippen LogP contribution in [0.5, 0.6) is 0 Å². The predicted octanol–water partition coefficient (Wildman–Crippen LogP) is 18.7. The Morgan fingerprint density at radius 1 is 0.206 bits per heavy atom. The van der Waals surface area contributed by atoms with Crippen molar-refractivity contribution in [2.24, 2.45) is 0 Å². The van der Waals surface area contributed by atoms with Crippen molar-refractivity contribution in [2.45, 2.75) is 0 Å². The van der Waals surface area contributed by atoms with Gasteiger partial charge < -0.3 is 9.80 Å². The van der Waals surface area contributed by atoms with Crippen molar-refractivity contribution in [1.29, 1.82) is 0 Å². The van der Waals surface area contributed by atoms with Crippen LogP contribution in [0.3, 0.4) is 0 Å². The number of hydrogen-bond acceptors (Lipinski definition) is 2. The molecule has 0 heterocycles. The van der Waals surface area contributed by atoms with Gasteiger partial charge in [0.05, 0.1) is 11.4 Å². The minimum atomic E-state index is 1.12. The highest BCUT2D eigenvalue weighted by Crippen LogP contribution is 2.50. The Kier molecular flexibility index (Phi) is 10.6. The lowest BCUT2D eigenvalue weighted by Crippen LogP contribution is -2.11. The first-order chi connectivity index (χ1) is 33.8. The van der Waals surface area contributed by atoms with E-state index in [2.05, 4.69) is 289 Å². The zero-order chi connectivity index (χ0) is 45.2. The van der Waals surface area contributed by atoms with Crippen LogP contribution < -0.4 is 9.80 Å². The second-order valence-electron chi connectivity index (χ2n) is 17.2. The van der Waals surface area contributed by atoms with Gasteiger partial charge in [-0.3, -0.25) is 0 Å². The molecule has 0 aliphatic heterocycles. The topological polar surface area (TPSA) is 6.48 Å². The van der Waals surface area contributed by atoms with Crippen LogP contribution in [-0.2, 0) is 0 Å². The zero-order valence-corrected chi connectivity index (χ0v) is 37.5. The SMILES string of the molecule is C(=Cc1ccc(-c2c3ccccc3c(N(c3ccccc3)c3ccccc3)c3ccccc23)cc1)c1ccc(-c2c3ccccc3c(N(c3ccccc3)c3ccccc3)c3ccccc23)cc1. The van der Waals surface area contributed by atoms with Gasteiger partial charge in [0, 0.05) is 44.3 Å². The molecule has 12 aromatic rings. The van der Waals surface area contributed by atoms with Crippen LogP contribution in [0.1, 0.15) is 11.1 Å². The number of fused-ring (bicyclic) bond motifs is 4. The van der Waals surface area contributed by atoms with Gasteiger partial charge in [0.2, 0.25) is 0 Å². The lowest BCUT2D eigenvalue weighted by molar-refractivity contribution is 1.31. The highest BCUT2D eigenvalue weighted by atomic mass is 15.2. The summed E-state index contributed by atoms with van der Waals surface area (Å²) in [5.41, 5.74) is 14.0. The average Bonchev–Trinajstić information content (AvgIpc) is 3.42. The fourth-order valence-electron chi connectivity index (χ4n) is 10.2. The highest BCUT2D eigenvalue weighted by molar-refractivity contribution is 6.23. The molecule has 0 fully saturated rings. The van der Waals surface area contributed by atoms with E-state index in [1.807, 2.05) is 0 Å². The van der Waals surface area contributed by atoms with E-state index < -0.39 is 0 Å². The second kappa shape index (κ2) is 17.8. The Morgan fingerprint density at radius 3 is 0.676 bits per heavy atom. The molecule has 0 N–H and O–H groups in total. The van der Waals surface area contributed by atoms with Crippen LogP contribution >= 0.6 is 0 Å². The lowest BCUT2D eigenvalue weighted by Gasteiger charge is -2.29. The standard InChI is InChI=1S/C66H46N2/c1-5-21-51(22-6-1)67(52-23-7-2-8-24-52)65-59-33-17-13-29-55(59)63(56-30-14-18-34-60(56)65)49-43-39-47(40-44-49)37-38-48-41-45-50(46-42-48)64-57-31-15-19-35-61(57)66(62-36-20-16-32-58(62)64)68(53-25-9-3-10-26-53)54-27-11-4-12-28-54/h1-46H. The van der Waals surface area contributed by atoms with E-state index in [1.54, 1.807) is 0 Å².